The Balaban J connectivity index is 2.04. The van der Waals surface area contributed by atoms with Crippen LogP contribution in [0.15, 0.2) is 24.3 Å². The van der Waals surface area contributed by atoms with Gasteiger partial charge in [0, 0.05) is 5.54 Å². The molecule has 3 nitrogen and oxygen atoms in total. The molecule has 0 aromatic heterocycles. The average Bonchev–Trinajstić information content (AvgIpc) is 2.37. The summed E-state index contributed by atoms with van der Waals surface area (Å²) in [5, 5.41) is 6.97. The molecule has 1 aromatic rings. The van der Waals surface area contributed by atoms with Crippen molar-refractivity contribution in [3.05, 3.63) is 29.8 Å². The Morgan fingerprint density at radius 1 is 1.00 bits per heavy atom. The molecule has 0 aliphatic rings. The van der Waals surface area contributed by atoms with E-state index in [0.717, 1.165) is 31.8 Å². The predicted octanol–water partition coefficient (Wildman–Crippen LogP) is 2.61. The highest BCUT2D eigenvalue weighted by atomic mass is 16.5. The zero-order valence-electron chi connectivity index (χ0n) is 12.8. The highest BCUT2D eigenvalue weighted by Gasteiger charge is 2.06. The molecule has 0 spiro atoms. The van der Waals surface area contributed by atoms with Gasteiger partial charge in [-0.3, -0.25) is 0 Å². The van der Waals surface area contributed by atoms with Gasteiger partial charge in [0.05, 0.1) is 7.11 Å². The second-order valence-corrected chi connectivity index (χ2v) is 5.88. The summed E-state index contributed by atoms with van der Waals surface area (Å²) >= 11 is 0. The Hall–Kier alpha value is -1.06. The summed E-state index contributed by atoms with van der Waals surface area (Å²) in [5.41, 5.74) is 1.57. The summed E-state index contributed by atoms with van der Waals surface area (Å²) < 4.78 is 5.14. The summed E-state index contributed by atoms with van der Waals surface area (Å²) in [6.45, 7) is 9.76. The van der Waals surface area contributed by atoms with Crippen molar-refractivity contribution < 1.29 is 4.74 Å². The van der Waals surface area contributed by atoms with E-state index >= 15 is 0 Å². The van der Waals surface area contributed by atoms with Crippen LogP contribution in [0.5, 0.6) is 5.75 Å². The molecule has 0 aliphatic carbocycles. The molecule has 19 heavy (non-hydrogen) atoms. The van der Waals surface area contributed by atoms with Crippen LogP contribution in [-0.4, -0.2) is 32.3 Å². The van der Waals surface area contributed by atoms with Crippen molar-refractivity contribution in [3.63, 3.8) is 0 Å². The molecule has 0 radical (unpaired) electrons. The van der Waals surface area contributed by atoms with Gasteiger partial charge in [0.1, 0.15) is 5.75 Å². The lowest BCUT2D eigenvalue weighted by molar-refractivity contribution is 0.414. The Morgan fingerprint density at radius 2 is 1.68 bits per heavy atom. The molecule has 0 amide bonds. The smallest absolute Gasteiger partial charge is 0.118 e. The molecule has 0 unspecified atom stereocenters. The number of ether oxygens (including phenoxy) is 1. The highest BCUT2D eigenvalue weighted by molar-refractivity contribution is 5.27. The molecule has 3 heteroatoms. The van der Waals surface area contributed by atoms with E-state index in [4.69, 9.17) is 4.74 Å². The molecule has 0 saturated heterocycles. The van der Waals surface area contributed by atoms with E-state index in [1.165, 1.54) is 12.0 Å². The van der Waals surface area contributed by atoms with Crippen LogP contribution in [0.3, 0.4) is 0 Å². The predicted molar refractivity (Wildman–Crippen MR) is 81.9 cm³/mol. The van der Waals surface area contributed by atoms with Crippen LogP contribution in [0.1, 0.15) is 32.8 Å². The van der Waals surface area contributed by atoms with Crippen molar-refractivity contribution in [2.24, 2.45) is 0 Å². The molecule has 108 valence electrons. The average molecular weight is 264 g/mol. The summed E-state index contributed by atoms with van der Waals surface area (Å²) in [7, 11) is 1.70. The van der Waals surface area contributed by atoms with E-state index in [2.05, 4.69) is 43.5 Å². The number of methoxy groups -OCH3 is 1. The van der Waals surface area contributed by atoms with Gasteiger partial charge in [-0.05, 0) is 70.9 Å². The fraction of sp³-hybridized carbons (Fsp3) is 0.625. The summed E-state index contributed by atoms with van der Waals surface area (Å²) in [6.07, 6.45) is 2.23. The number of benzene rings is 1. The first-order valence-corrected chi connectivity index (χ1v) is 7.10. The Labute approximate surface area is 117 Å². The first-order chi connectivity index (χ1) is 9.01. The van der Waals surface area contributed by atoms with Crippen LogP contribution >= 0.6 is 0 Å². The first-order valence-electron chi connectivity index (χ1n) is 7.10. The van der Waals surface area contributed by atoms with Gasteiger partial charge in [0.2, 0.25) is 0 Å². The Bertz CT molecular complexity index is 341. The molecular weight excluding hydrogens is 236 g/mol. The lowest BCUT2D eigenvalue weighted by atomic mass is 10.1. The first kappa shape index (κ1) is 16.0. The van der Waals surface area contributed by atoms with Gasteiger partial charge >= 0.3 is 0 Å². The number of hydrogen-bond donors (Lipinski definition) is 2. The lowest BCUT2D eigenvalue weighted by Gasteiger charge is -2.20. The summed E-state index contributed by atoms with van der Waals surface area (Å²) in [4.78, 5) is 0. The molecule has 1 aromatic carbocycles. The van der Waals surface area contributed by atoms with Crippen LogP contribution in [0, 0.1) is 0 Å². The van der Waals surface area contributed by atoms with E-state index in [1.54, 1.807) is 7.11 Å². The molecular formula is C16H28N2O. The van der Waals surface area contributed by atoms with Gasteiger partial charge in [0.25, 0.3) is 0 Å². The normalized spacial score (nSPS) is 11.6. The third-order valence-electron chi connectivity index (χ3n) is 2.94. The number of hydrogen-bond acceptors (Lipinski definition) is 3. The summed E-state index contributed by atoms with van der Waals surface area (Å²) in [6, 6.07) is 8.29. The second kappa shape index (κ2) is 8.18. The molecule has 0 bridgehead atoms. The van der Waals surface area contributed by atoms with Crippen molar-refractivity contribution in [2.75, 3.05) is 26.7 Å². The second-order valence-electron chi connectivity index (χ2n) is 5.88. The lowest BCUT2D eigenvalue weighted by Crippen LogP contribution is -2.37. The minimum atomic E-state index is 0.225. The van der Waals surface area contributed by atoms with Gasteiger partial charge in [-0.25, -0.2) is 0 Å². The summed E-state index contributed by atoms with van der Waals surface area (Å²) in [5.74, 6) is 0.921. The number of nitrogens with one attached hydrogen (secondary N) is 2. The third kappa shape index (κ3) is 7.85. The van der Waals surface area contributed by atoms with Gasteiger partial charge < -0.3 is 15.4 Å². The maximum atomic E-state index is 5.14. The van der Waals surface area contributed by atoms with Crippen molar-refractivity contribution in [3.8, 4) is 5.75 Å². The zero-order valence-corrected chi connectivity index (χ0v) is 12.8. The highest BCUT2D eigenvalue weighted by Crippen LogP contribution is 2.11. The molecule has 0 aliphatic heterocycles. The largest absolute Gasteiger partial charge is 0.497 e. The fourth-order valence-electron chi connectivity index (χ4n) is 1.83. The maximum absolute atomic E-state index is 5.14. The minimum Gasteiger partial charge on any atom is -0.497 e. The van der Waals surface area contributed by atoms with Crippen LogP contribution in [0.2, 0.25) is 0 Å². The van der Waals surface area contributed by atoms with Crippen LogP contribution in [0.4, 0.5) is 0 Å². The molecule has 0 fully saturated rings. The monoisotopic (exact) mass is 264 g/mol. The van der Waals surface area contributed by atoms with Crippen molar-refractivity contribution >= 4 is 0 Å². The van der Waals surface area contributed by atoms with Crippen LogP contribution in [0.25, 0.3) is 0 Å². The van der Waals surface area contributed by atoms with Gasteiger partial charge in [-0.15, -0.1) is 0 Å². The van der Waals surface area contributed by atoms with Gasteiger partial charge in [0.15, 0.2) is 0 Å². The van der Waals surface area contributed by atoms with Crippen LogP contribution < -0.4 is 15.4 Å². The molecule has 0 heterocycles. The van der Waals surface area contributed by atoms with Crippen molar-refractivity contribution in [2.45, 2.75) is 39.2 Å². The van der Waals surface area contributed by atoms with Gasteiger partial charge in [-0.2, -0.15) is 0 Å². The molecule has 0 atom stereocenters. The molecule has 1 rings (SSSR count). The maximum Gasteiger partial charge on any atom is 0.118 e. The van der Waals surface area contributed by atoms with E-state index < -0.39 is 0 Å². The zero-order chi connectivity index (χ0) is 14.1. The van der Waals surface area contributed by atoms with Crippen molar-refractivity contribution in [1.82, 2.24) is 10.6 Å². The molecule has 0 saturated carbocycles. The minimum absolute atomic E-state index is 0.225. The number of rotatable bonds is 8. The van der Waals surface area contributed by atoms with E-state index in [-0.39, 0.29) is 5.54 Å². The van der Waals surface area contributed by atoms with Crippen LogP contribution in [-0.2, 0) is 6.42 Å². The third-order valence-corrected chi connectivity index (χ3v) is 2.94. The quantitative estimate of drug-likeness (QED) is 0.708. The Morgan fingerprint density at radius 3 is 2.26 bits per heavy atom. The fourth-order valence-corrected chi connectivity index (χ4v) is 1.83. The standard InChI is InChI=1S/C16H28N2O/c1-16(2,3)18-12-5-11-17-13-10-14-6-8-15(19-4)9-7-14/h6-9,17-18H,5,10-13H2,1-4H3. The van der Waals surface area contributed by atoms with Gasteiger partial charge in [-0.1, -0.05) is 12.1 Å². The SMILES string of the molecule is COc1ccc(CCNCCCNC(C)(C)C)cc1. The van der Waals surface area contributed by atoms with E-state index in [1.807, 2.05) is 12.1 Å². The Kier molecular flexibility index (Phi) is 6.89. The van der Waals surface area contributed by atoms with E-state index in [9.17, 15) is 0 Å². The molecule has 2 N–H and O–H groups in total. The van der Waals surface area contributed by atoms with E-state index in [0.29, 0.717) is 0 Å². The van der Waals surface area contributed by atoms with Crippen molar-refractivity contribution in [1.29, 1.82) is 0 Å². The topological polar surface area (TPSA) is 33.3 Å².